The molecule has 2 unspecified atom stereocenters. The van der Waals surface area contributed by atoms with Crippen molar-refractivity contribution in [1.29, 1.82) is 0 Å². The van der Waals surface area contributed by atoms with Crippen LogP contribution in [0.3, 0.4) is 0 Å². The summed E-state index contributed by atoms with van der Waals surface area (Å²) in [6, 6.07) is 4.86. The first-order chi connectivity index (χ1) is 8.16. The Morgan fingerprint density at radius 1 is 1.35 bits per heavy atom. The summed E-state index contributed by atoms with van der Waals surface area (Å²) in [7, 11) is 0. The van der Waals surface area contributed by atoms with Crippen molar-refractivity contribution in [3.63, 3.8) is 0 Å². The minimum Gasteiger partial charge on any atom is -0.392 e. The fourth-order valence-corrected chi connectivity index (χ4v) is 2.75. The molecule has 2 N–H and O–H groups in total. The van der Waals surface area contributed by atoms with Gasteiger partial charge in [-0.1, -0.05) is 34.8 Å². The Labute approximate surface area is 109 Å². The molecule has 1 aliphatic carbocycles. The standard InChI is InChI=1S/C13H17BrFNO/c14-11-7-10(15)6-5-9(11)8-16-12-3-1-2-4-13(12)17/h5-7,12-13,16-17H,1-4,8H2. The second kappa shape index (κ2) is 5.94. The van der Waals surface area contributed by atoms with E-state index in [0.29, 0.717) is 6.54 Å². The van der Waals surface area contributed by atoms with Gasteiger partial charge in [0.15, 0.2) is 0 Å². The summed E-state index contributed by atoms with van der Waals surface area (Å²) in [5.74, 6) is -0.238. The highest BCUT2D eigenvalue weighted by atomic mass is 79.9. The molecule has 4 heteroatoms. The number of rotatable bonds is 3. The third-order valence-electron chi connectivity index (χ3n) is 3.30. The Kier molecular flexibility index (Phi) is 4.54. The third kappa shape index (κ3) is 3.50. The van der Waals surface area contributed by atoms with Crippen LogP contribution in [0.15, 0.2) is 22.7 Å². The van der Waals surface area contributed by atoms with Gasteiger partial charge in [-0.2, -0.15) is 0 Å². The monoisotopic (exact) mass is 301 g/mol. The first-order valence-corrected chi connectivity index (χ1v) is 6.81. The van der Waals surface area contributed by atoms with E-state index in [2.05, 4.69) is 21.2 Å². The number of benzene rings is 1. The van der Waals surface area contributed by atoms with E-state index in [1.165, 1.54) is 18.6 Å². The van der Waals surface area contributed by atoms with Crippen LogP contribution in [0, 0.1) is 5.82 Å². The minimum absolute atomic E-state index is 0.167. The van der Waals surface area contributed by atoms with Crippen molar-refractivity contribution in [2.24, 2.45) is 0 Å². The topological polar surface area (TPSA) is 32.3 Å². The zero-order valence-corrected chi connectivity index (χ0v) is 11.2. The van der Waals surface area contributed by atoms with Gasteiger partial charge in [-0.25, -0.2) is 4.39 Å². The summed E-state index contributed by atoms with van der Waals surface area (Å²) in [5, 5.41) is 13.2. The molecule has 1 aliphatic rings. The highest BCUT2D eigenvalue weighted by Crippen LogP contribution is 2.21. The lowest BCUT2D eigenvalue weighted by atomic mass is 9.92. The number of halogens is 2. The van der Waals surface area contributed by atoms with Crippen LogP contribution in [0.4, 0.5) is 4.39 Å². The second-order valence-corrected chi connectivity index (χ2v) is 5.43. The fraction of sp³-hybridized carbons (Fsp3) is 0.538. The molecule has 0 heterocycles. The average molecular weight is 302 g/mol. The molecular formula is C13H17BrFNO. The van der Waals surface area contributed by atoms with Gasteiger partial charge in [0.2, 0.25) is 0 Å². The lowest BCUT2D eigenvalue weighted by Gasteiger charge is -2.28. The SMILES string of the molecule is OC1CCCCC1NCc1ccc(F)cc1Br. The maximum absolute atomic E-state index is 12.9. The van der Waals surface area contributed by atoms with Crippen molar-refractivity contribution in [3.8, 4) is 0 Å². The quantitative estimate of drug-likeness (QED) is 0.899. The van der Waals surface area contributed by atoms with Gasteiger partial charge >= 0.3 is 0 Å². The molecule has 17 heavy (non-hydrogen) atoms. The molecular weight excluding hydrogens is 285 g/mol. The van der Waals surface area contributed by atoms with Gasteiger partial charge in [0, 0.05) is 17.1 Å². The van der Waals surface area contributed by atoms with Crippen molar-refractivity contribution >= 4 is 15.9 Å². The van der Waals surface area contributed by atoms with Crippen molar-refractivity contribution in [2.45, 2.75) is 44.4 Å². The van der Waals surface area contributed by atoms with Crippen LogP contribution in [0.2, 0.25) is 0 Å². The highest BCUT2D eigenvalue weighted by molar-refractivity contribution is 9.10. The molecule has 2 rings (SSSR count). The van der Waals surface area contributed by atoms with E-state index in [-0.39, 0.29) is 18.0 Å². The number of hydrogen-bond acceptors (Lipinski definition) is 2. The number of aliphatic hydroxyl groups is 1. The fourth-order valence-electron chi connectivity index (χ4n) is 2.26. The van der Waals surface area contributed by atoms with Gasteiger partial charge in [-0.05, 0) is 30.5 Å². The Morgan fingerprint density at radius 2 is 2.12 bits per heavy atom. The molecule has 0 amide bonds. The van der Waals surface area contributed by atoms with Gasteiger partial charge in [0.05, 0.1) is 6.10 Å². The van der Waals surface area contributed by atoms with E-state index in [4.69, 9.17) is 0 Å². The van der Waals surface area contributed by atoms with Gasteiger partial charge in [0.25, 0.3) is 0 Å². The molecule has 1 aromatic rings. The number of aliphatic hydroxyl groups excluding tert-OH is 1. The molecule has 0 radical (unpaired) electrons. The molecule has 0 spiro atoms. The maximum Gasteiger partial charge on any atom is 0.124 e. The van der Waals surface area contributed by atoms with Gasteiger partial charge in [-0.3, -0.25) is 0 Å². The van der Waals surface area contributed by atoms with Crippen molar-refractivity contribution < 1.29 is 9.50 Å². The molecule has 0 saturated heterocycles. The van der Waals surface area contributed by atoms with Crippen molar-refractivity contribution in [1.82, 2.24) is 5.32 Å². The minimum atomic E-state index is -0.247. The molecule has 0 aliphatic heterocycles. The Morgan fingerprint density at radius 3 is 2.82 bits per heavy atom. The smallest absolute Gasteiger partial charge is 0.124 e. The van der Waals surface area contributed by atoms with E-state index in [0.717, 1.165) is 29.3 Å². The van der Waals surface area contributed by atoms with Crippen molar-refractivity contribution in [2.75, 3.05) is 0 Å². The predicted octanol–water partition coefficient (Wildman–Crippen LogP) is 2.98. The summed E-state index contributed by atoms with van der Waals surface area (Å²) in [6.45, 7) is 0.655. The van der Waals surface area contributed by atoms with Gasteiger partial charge < -0.3 is 10.4 Å². The van der Waals surface area contributed by atoms with E-state index in [9.17, 15) is 9.50 Å². The van der Waals surface area contributed by atoms with E-state index in [1.807, 2.05) is 0 Å². The van der Waals surface area contributed by atoms with E-state index >= 15 is 0 Å². The van der Waals surface area contributed by atoms with Crippen LogP contribution in [0.1, 0.15) is 31.2 Å². The summed E-state index contributed by atoms with van der Waals surface area (Å²) in [4.78, 5) is 0. The Hall–Kier alpha value is -0.450. The normalized spacial score (nSPS) is 24.9. The Balaban J connectivity index is 1.92. The largest absolute Gasteiger partial charge is 0.392 e. The number of hydrogen-bond donors (Lipinski definition) is 2. The van der Waals surface area contributed by atoms with E-state index in [1.54, 1.807) is 6.07 Å². The molecule has 1 fully saturated rings. The van der Waals surface area contributed by atoms with Crippen LogP contribution >= 0.6 is 15.9 Å². The Bertz CT molecular complexity index is 386. The summed E-state index contributed by atoms with van der Waals surface area (Å²) < 4.78 is 13.7. The lowest BCUT2D eigenvalue weighted by molar-refractivity contribution is 0.0902. The van der Waals surface area contributed by atoms with Crippen LogP contribution in [0.25, 0.3) is 0 Å². The third-order valence-corrected chi connectivity index (χ3v) is 4.04. The highest BCUT2D eigenvalue weighted by Gasteiger charge is 2.22. The molecule has 0 bridgehead atoms. The zero-order chi connectivity index (χ0) is 12.3. The summed E-state index contributed by atoms with van der Waals surface area (Å²) in [5.41, 5.74) is 1.02. The van der Waals surface area contributed by atoms with Crippen molar-refractivity contribution in [3.05, 3.63) is 34.1 Å². The van der Waals surface area contributed by atoms with E-state index < -0.39 is 0 Å². The molecule has 2 atom stereocenters. The second-order valence-electron chi connectivity index (χ2n) is 4.57. The van der Waals surface area contributed by atoms with Crippen LogP contribution in [0.5, 0.6) is 0 Å². The molecule has 2 nitrogen and oxygen atoms in total. The van der Waals surface area contributed by atoms with Crippen LogP contribution < -0.4 is 5.32 Å². The predicted molar refractivity (Wildman–Crippen MR) is 69.2 cm³/mol. The van der Waals surface area contributed by atoms with Gasteiger partial charge in [-0.15, -0.1) is 0 Å². The summed E-state index contributed by atoms with van der Waals surface area (Å²) >= 11 is 3.34. The van der Waals surface area contributed by atoms with Gasteiger partial charge in [0.1, 0.15) is 5.82 Å². The molecule has 1 aromatic carbocycles. The molecule has 1 saturated carbocycles. The molecule has 0 aromatic heterocycles. The lowest BCUT2D eigenvalue weighted by Crippen LogP contribution is -2.41. The molecule has 94 valence electrons. The zero-order valence-electron chi connectivity index (χ0n) is 9.63. The first kappa shape index (κ1) is 13.0. The van der Waals surface area contributed by atoms with Crippen LogP contribution in [-0.2, 0) is 6.54 Å². The van der Waals surface area contributed by atoms with Crippen LogP contribution in [-0.4, -0.2) is 17.3 Å². The maximum atomic E-state index is 12.9. The number of nitrogens with one attached hydrogen (secondary N) is 1. The average Bonchev–Trinajstić information content (AvgIpc) is 2.30. The summed E-state index contributed by atoms with van der Waals surface area (Å²) in [6.07, 6.45) is 3.92. The first-order valence-electron chi connectivity index (χ1n) is 6.02.